The Morgan fingerprint density at radius 3 is 2.64 bits per heavy atom. The molecular weight excluding hydrogens is 371 g/mol. The molecule has 3 rings (SSSR count). The molecule has 2 saturated heterocycles. The highest BCUT2D eigenvalue weighted by Gasteiger charge is 2.49. The van der Waals surface area contributed by atoms with E-state index in [4.69, 9.17) is 5.73 Å². The number of carbonyl (C=O) groups is 1. The highest BCUT2D eigenvalue weighted by atomic mass is 19.4. The lowest BCUT2D eigenvalue weighted by atomic mass is 9.88. The first-order valence-electron chi connectivity index (χ1n) is 9.05. The van der Waals surface area contributed by atoms with Gasteiger partial charge in [0.05, 0.1) is 6.54 Å². The third-order valence-electron chi connectivity index (χ3n) is 5.11. The third kappa shape index (κ3) is 4.46. The molecule has 1 aromatic carbocycles. The Kier molecular flexibility index (Phi) is 5.64. The van der Waals surface area contributed by atoms with Crippen molar-refractivity contribution in [2.45, 2.75) is 31.6 Å². The van der Waals surface area contributed by atoms with E-state index in [-0.39, 0.29) is 31.2 Å². The molecular formula is C19H24F3N5O. The van der Waals surface area contributed by atoms with Gasteiger partial charge in [-0.2, -0.15) is 13.2 Å². The first-order chi connectivity index (χ1) is 13.2. The number of rotatable bonds is 4. The van der Waals surface area contributed by atoms with Crippen LogP contribution in [-0.4, -0.2) is 67.0 Å². The van der Waals surface area contributed by atoms with Gasteiger partial charge in [0, 0.05) is 55.4 Å². The summed E-state index contributed by atoms with van der Waals surface area (Å²) in [4.78, 5) is 19.5. The van der Waals surface area contributed by atoms with E-state index in [1.54, 1.807) is 36.4 Å². The molecule has 0 spiro atoms. The van der Waals surface area contributed by atoms with Crippen molar-refractivity contribution >= 4 is 23.6 Å². The number of anilines is 1. The van der Waals surface area contributed by atoms with Crippen LogP contribution in [0.25, 0.3) is 5.70 Å². The molecule has 2 bridgehead atoms. The van der Waals surface area contributed by atoms with Crippen molar-refractivity contribution in [1.29, 1.82) is 0 Å². The lowest BCUT2D eigenvalue weighted by Gasteiger charge is -2.56. The number of piperidine rings is 1. The fourth-order valence-corrected chi connectivity index (χ4v) is 3.85. The van der Waals surface area contributed by atoms with Gasteiger partial charge < -0.3 is 16.0 Å². The summed E-state index contributed by atoms with van der Waals surface area (Å²) in [5.74, 6) is 0. The van der Waals surface area contributed by atoms with Crippen molar-refractivity contribution in [3.05, 3.63) is 35.4 Å². The molecule has 1 aromatic rings. The van der Waals surface area contributed by atoms with E-state index in [9.17, 15) is 18.0 Å². The van der Waals surface area contributed by atoms with Crippen molar-refractivity contribution < 1.29 is 18.0 Å². The van der Waals surface area contributed by atoms with Crippen LogP contribution in [0.2, 0.25) is 0 Å². The summed E-state index contributed by atoms with van der Waals surface area (Å²) in [5, 5.41) is 2.84. The number of aryl methyl sites for hydroxylation is 1. The molecule has 28 heavy (non-hydrogen) atoms. The molecule has 152 valence electrons. The maximum atomic E-state index is 12.6. The van der Waals surface area contributed by atoms with Crippen LogP contribution in [0.1, 0.15) is 17.5 Å². The molecule has 0 aromatic heterocycles. The number of fused-ring (bicyclic) bond motifs is 2. The van der Waals surface area contributed by atoms with E-state index >= 15 is 0 Å². The quantitative estimate of drug-likeness (QED) is 0.770. The van der Waals surface area contributed by atoms with Gasteiger partial charge in [0.1, 0.15) is 0 Å². The Morgan fingerprint density at radius 1 is 1.36 bits per heavy atom. The van der Waals surface area contributed by atoms with Gasteiger partial charge in [0.15, 0.2) is 0 Å². The number of urea groups is 1. The van der Waals surface area contributed by atoms with E-state index in [1.165, 1.54) is 4.90 Å². The number of nitrogens with one attached hydrogen (secondary N) is 1. The third-order valence-corrected chi connectivity index (χ3v) is 5.11. The van der Waals surface area contributed by atoms with Crippen molar-refractivity contribution in [2.75, 3.05) is 32.0 Å². The summed E-state index contributed by atoms with van der Waals surface area (Å²) >= 11 is 0. The largest absolute Gasteiger partial charge is 0.401 e. The molecule has 2 aliphatic rings. The summed E-state index contributed by atoms with van der Waals surface area (Å²) in [6.45, 7) is 1.48. The zero-order valence-electron chi connectivity index (χ0n) is 15.8. The van der Waals surface area contributed by atoms with Gasteiger partial charge in [-0.1, -0.05) is 6.07 Å². The highest BCUT2D eigenvalue weighted by molar-refractivity contribution is 5.92. The Morgan fingerprint density at radius 2 is 2.04 bits per heavy atom. The average molecular weight is 395 g/mol. The van der Waals surface area contributed by atoms with E-state index in [1.807, 2.05) is 13.0 Å². The van der Waals surface area contributed by atoms with Gasteiger partial charge >= 0.3 is 12.2 Å². The highest BCUT2D eigenvalue weighted by Crippen LogP contribution is 2.34. The maximum Gasteiger partial charge on any atom is 0.401 e. The molecule has 2 heterocycles. The molecule has 9 heteroatoms. The first-order valence-corrected chi connectivity index (χ1v) is 9.05. The van der Waals surface area contributed by atoms with Gasteiger partial charge in [-0.3, -0.25) is 9.89 Å². The molecule has 2 amide bonds. The van der Waals surface area contributed by atoms with E-state index < -0.39 is 12.7 Å². The number of aliphatic imine (C=N–C) groups is 1. The normalized spacial score (nSPS) is 23.0. The summed E-state index contributed by atoms with van der Waals surface area (Å²) < 4.78 is 37.7. The van der Waals surface area contributed by atoms with E-state index in [2.05, 4.69) is 10.3 Å². The molecule has 0 aliphatic carbocycles. The fraction of sp³-hybridized carbons (Fsp3) is 0.474. The Bertz CT molecular complexity index is 793. The monoisotopic (exact) mass is 395 g/mol. The van der Waals surface area contributed by atoms with Crippen LogP contribution in [-0.2, 0) is 0 Å². The predicted octanol–water partition coefficient (Wildman–Crippen LogP) is 2.85. The number of nitrogens with zero attached hydrogens (tertiary/aromatic N) is 3. The van der Waals surface area contributed by atoms with E-state index in [0.29, 0.717) is 11.4 Å². The first kappa shape index (κ1) is 20.2. The second kappa shape index (κ2) is 7.83. The summed E-state index contributed by atoms with van der Waals surface area (Å²) in [6, 6.07) is 4.77. The zero-order valence-corrected chi connectivity index (χ0v) is 15.8. The van der Waals surface area contributed by atoms with E-state index in [0.717, 1.165) is 17.5 Å². The molecule has 2 fully saturated rings. The van der Waals surface area contributed by atoms with Gasteiger partial charge in [-0.25, -0.2) is 4.79 Å². The van der Waals surface area contributed by atoms with Gasteiger partial charge in [-0.05, 0) is 37.1 Å². The Labute approximate surface area is 161 Å². The van der Waals surface area contributed by atoms with Crippen LogP contribution in [0.4, 0.5) is 23.7 Å². The fourth-order valence-electron chi connectivity index (χ4n) is 3.85. The van der Waals surface area contributed by atoms with Crippen molar-refractivity contribution in [3.8, 4) is 0 Å². The number of piperazine rings is 1. The molecule has 2 atom stereocenters. The SMILES string of the molecule is CN=C/C=C(\N)c1cc(NC(=O)N2C3CC2CN(CC(F)(F)F)C3)ccc1C. The van der Waals surface area contributed by atoms with Crippen molar-refractivity contribution in [1.82, 2.24) is 9.80 Å². The van der Waals surface area contributed by atoms with Gasteiger partial charge in [-0.15, -0.1) is 0 Å². The van der Waals surface area contributed by atoms with Crippen LogP contribution < -0.4 is 11.1 Å². The number of hydrogen-bond donors (Lipinski definition) is 2. The minimum absolute atomic E-state index is 0.184. The number of allylic oxidation sites excluding steroid dienone is 1. The van der Waals surface area contributed by atoms with Crippen LogP contribution in [0.5, 0.6) is 0 Å². The van der Waals surface area contributed by atoms with Crippen LogP contribution >= 0.6 is 0 Å². The molecule has 6 nitrogen and oxygen atoms in total. The number of amides is 2. The smallest absolute Gasteiger partial charge is 0.398 e. The molecule has 2 unspecified atom stereocenters. The van der Waals surface area contributed by atoms with Crippen LogP contribution in [0, 0.1) is 6.92 Å². The van der Waals surface area contributed by atoms with Crippen molar-refractivity contribution in [3.63, 3.8) is 0 Å². The average Bonchev–Trinajstić information content (AvgIpc) is 2.59. The topological polar surface area (TPSA) is 74.0 Å². The summed E-state index contributed by atoms with van der Waals surface area (Å²) in [7, 11) is 1.65. The minimum Gasteiger partial charge on any atom is -0.398 e. The number of alkyl halides is 3. The van der Waals surface area contributed by atoms with Crippen molar-refractivity contribution in [2.24, 2.45) is 10.7 Å². The number of nitrogens with two attached hydrogens (primary N) is 1. The summed E-state index contributed by atoms with van der Waals surface area (Å²) in [5.41, 5.74) is 8.94. The number of benzene rings is 1. The second-order valence-electron chi connectivity index (χ2n) is 7.25. The second-order valence-corrected chi connectivity index (χ2v) is 7.25. The van der Waals surface area contributed by atoms with Gasteiger partial charge in [0.2, 0.25) is 0 Å². The number of carbonyl (C=O) groups excluding carboxylic acids is 1. The van der Waals surface area contributed by atoms with Crippen LogP contribution in [0.3, 0.4) is 0 Å². The summed E-state index contributed by atoms with van der Waals surface area (Å²) in [6.07, 6.45) is -0.199. The molecule has 0 radical (unpaired) electrons. The molecule has 2 aliphatic heterocycles. The number of likely N-dealkylation sites (tertiary alicyclic amines) is 2. The Balaban J connectivity index is 1.65. The molecule has 3 N–H and O–H groups in total. The standard InChI is InChI=1S/C19H24F3N5O/c1-12-3-4-13(7-16(12)17(23)5-6-24-2)25-18(28)27-14-8-15(27)10-26(9-14)11-19(20,21)22/h3-7,14-15H,8-11,23H2,1-2H3,(H,25,28)/b17-5-,24-6?. The lowest BCUT2D eigenvalue weighted by molar-refractivity contribution is -0.161. The number of hydrogen-bond acceptors (Lipinski definition) is 4. The Hall–Kier alpha value is -2.55. The maximum absolute atomic E-state index is 12.6. The molecule has 0 saturated carbocycles. The lowest BCUT2D eigenvalue weighted by Crippen LogP contribution is -2.71. The van der Waals surface area contributed by atoms with Gasteiger partial charge in [0.25, 0.3) is 0 Å². The zero-order chi connectivity index (χ0) is 20.5. The minimum atomic E-state index is -4.22. The van der Waals surface area contributed by atoms with Crippen LogP contribution in [0.15, 0.2) is 29.3 Å². The number of halogens is 3. The predicted molar refractivity (Wildman–Crippen MR) is 103 cm³/mol.